The normalized spacial score (nSPS) is 22.1. The third-order valence-electron chi connectivity index (χ3n) is 4.39. The third-order valence-corrected chi connectivity index (χ3v) is 4.39. The summed E-state index contributed by atoms with van der Waals surface area (Å²) in [6.45, 7) is 0.0000719. The molecule has 26 heavy (non-hydrogen) atoms. The largest absolute Gasteiger partial charge is 0.352 e. The lowest BCUT2D eigenvalue weighted by Gasteiger charge is -2.18. The smallest absolute Gasteiger partial charge is 0.330 e. The molecule has 1 aromatic carbocycles. The number of aromatic amines is 1. The molecule has 0 unspecified atom stereocenters. The molecule has 0 radical (unpaired) electrons. The minimum Gasteiger partial charge on any atom is -0.352 e. The first-order valence-electron chi connectivity index (χ1n) is 8.12. The summed E-state index contributed by atoms with van der Waals surface area (Å²) in [6.07, 6.45) is 1.58. The van der Waals surface area contributed by atoms with Crippen LogP contribution in [-0.2, 0) is 9.57 Å². The number of carbonyl (C=O) groups is 2. The van der Waals surface area contributed by atoms with Crippen molar-refractivity contribution >= 4 is 11.8 Å². The van der Waals surface area contributed by atoms with Gasteiger partial charge in [0.2, 0.25) is 0 Å². The standard InChI is InChI=1S/C17H15N3O6/c21-13-7-8-19(17(24)18-13)14-6-5-10(26-14)9-25-20-15(22)11-3-1-2-4-12(11)16(20)23/h1-4,7-8,10,14H,5-6,9H2,(H,18,21,24)/t10-,14+/m0/s1. The van der Waals surface area contributed by atoms with Crippen LogP contribution in [0.15, 0.2) is 46.1 Å². The Morgan fingerprint density at radius 3 is 2.38 bits per heavy atom. The Hall–Kier alpha value is -3.04. The van der Waals surface area contributed by atoms with Gasteiger partial charge in [-0.15, -0.1) is 5.06 Å². The SMILES string of the molecule is O=C1c2ccccc2C(=O)N1OC[C@@H]1CC[C@H](n2ccc(=O)[nH]c2=O)O1. The molecule has 1 saturated heterocycles. The maximum Gasteiger partial charge on any atom is 0.330 e. The predicted octanol–water partition coefficient (Wildman–Crippen LogP) is 0.442. The molecule has 0 spiro atoms. The van der Waals surface area contributed by atoms with Crippen LogP contribution in [0.3, 0.4) is 0 Å². The molecule has 2 aliphatic heterocycles. The fraction of sp³-hybridized carbons (Fsp3) is 0.294. The van der Waals surface area contributed by atoms with E-state index in [1.165, 1.54) is 16.8 Å². The van der Waals surface area contributed by atoms with Crippen molar-refractivity contribution in [1.82, 2.24) is 14.6 Å². The molecule has 9 nitrogen and oxygen atoms in total. The van der Waals surface area contributed by atoms with Gasteiger partial charge in [-0.3, -0.25) is 28.8 Å². The average Bonchev–Trinajstić information content (AvgIpc) is 3.18. The zero-order valence-corrected chi connectivity index (χ0v) is 13.6. The quantitative estimate of drug-likeness (QED) is 0.795. The Bertz CT molecular complexity index is 959. The Labute approximate surface area is 146 Å². The van der Waals surface area contributed by atoms with Crippen LogP contribution < -0.4 is 11.2 Å². The summed E-state index contributed by atoms with van der Waals surface area (Å²) in [7, 11) is 0. The number of amides is 2. The summed E-state index contributed by atoms with van der Waals surface area (Å²) >= 11 is 0. The van der Waals surface area contributed by atoms with E-state index in [4.69, 9.17) is 9.57 Å². The summed E-state index contributed by atoms with van der Waals surface area (Å²) in [6, 6.07) is 7.75. The molecule has 2 amide bonds. The fourth-order valence-electron chi connectivity index (χ4n) is 3.11. The van der Waals surface area contributed by atoms with E-state index in [1.807, 2.05) is 0 Å². The number of benzene rings is 1. The van der Waals surface area contributed by atoms with Gasteiger partial charge in [0.1, 0.15) is 12.8 Å². The van der Waals surface area contributed by atoms with E-state index >= 15 is 0 Å². The molecule has 2 atom stereocenters. The van der Waals surface area contributed by atoms with Crippen molar-refractivity contribution in [2.24, 2.45) is 0 Å². The molecule has 2 aliphatic rings. The van der Waals surface area contributed by atoms with Gasteiger partial charge in [0.15, 0.2) is 0 Å². The number of carbonyl (C=O) groups excluding carboxylic acids is 2. The van der Waals surface area contributed by atoms with Crippen LogP contribution in [0.2, 0.25) is 0 Å². The monoisotopic (exact) mass is 357 g/mol. The molecule has 4 rings (SSSR count). The second-order valence-corrected chi connectivity index (χ2v) is 6.05. The molecule has 0 aliphatic carbocycles. The van der Waals surface area contributed by atoms with E-state index in [9.17, 15) is 19.2 Å². The highest BCUT2D eigenvalue weighted by atomic mass is 16.7. The van der Waals surface area contributed by atoms with Crippen LogP contribution in [0.1, 0.15) is 39.8 Å². The van der Waals surface area contributed by atoms with Crippen LogP contribution in [0.5, 0.6) is 0 Å². The molecule has 0 saturated carbocycles. The molecule has 1 fully saturated rings. The number of H-pyrrole nitrogens is 1. The highest BCUT2D eigenvalue weighted by Gasteiger charge is 2.37. The fourth-order valence-corrected chi connectivity index (χ4v) is 3.11. The highest BCUT2D eigenvalue weighted by Crippen LogP contribution is 2.28. The van der Waals surface area contributed by atoms with Gasteiger partial charge in [-0.25, -0.2) is 4.79 Å². The number of nitrogens with zero attached hydrogens (tertiary/aromatic N) is 2. The van der Waals surface area contributed by atoms with Gasteiger partial charge in [-0.1, -0.05) is 12.1 Å². The molecule has 1 N–H and O–H groups in total. The Kier molecular flexibility index (Phi) is 4.02. The molecule has 134 valence electrons. The van der Waals surface area contributed by atoms with Gasteiger partial charge >= 0.3 is 5.69 Å². The van der Waals surface area contributed by atoms with Gasteiger partial charge in [-0.2, -0.15) is 0 Å². The minimum atomic E-state index is -0.551. The predicted molar refractivity (Wildman–Crippen MR) is 87.4 cm³/mol. The molecule has 0 bridgehead atoms. The van der Waals surface area contributed by atoms with Crippen molar-refractivity contribution in [3.8, 4) is 0 Å². The van der Waals surface area contributed by atoms with Crippen molar-refractivity contribution in [3.63, 3.8) is 0 Å². The number of hydrogen-bond donors (Lipinski definition) is 1. The Balaban J connectivity index is 1.40. The van der Waals surface area contributed by atoms with Gasteiger partial charge in [0.25, 0.3) is 17.4 Å². The van der Waals surface area contributed by atoms with Gasteiger partial charge in [0.05, 0.1) is 17.2 Å². The lowest BCUT2D eigenvalue weighted by molar-refractivity contribution is -0.130. The number of aromatic nitrogens is 2. The molecule has 3 heterocycles. The molecule has 1 aromatic heterocycles. The van der Waals surface area contributed by atoms with Crippen molar-refractivity contribution in [1.29, 1.82) is 0 Å². The van der Waals surface area contributed by atoms with Crippen molar-refractivity contribution in [3.05, 3.63) is 68.5 Å². The van der Waals surface area contributed by atoms with Crippen molar-refractivity contribution < 1.29 is 19.2 Å². The van der Waals surface area contributed by atoms with Crippen molar-refractivity contribution in [2.75, 3.05) is 6.61 Å². The van der Waals surface area contributed by atoms with Gasteiger partial charge in [0, 0.05) is 12.3 Å². The summed E-state index contributed by atoms with van der Waals surface area (Å²) in [5.74, 6) is -1.01. The highest BCUT2D eigenvalue weighted by molar-refractivity contribution is 6.20. The first-order valence-corrected chi connectivity index (χ1v) is 8.12. The molecule has 2 aromatic rings. The van der Waals surface area contributed by atoms with Crippen LogP contribution in [0, 0.1) is 0 Å². The number of fused-ring (bicyclic) bond motifs is 1. The molecular formula is C17H15N3O6. The van der Waals surface area contributed by atoms with E-state index in [0.29, 0.717) is 24.0 Å². The van der Waals surface area contributed by atoms with Gasteiger partial charge < -0.3 is 4.74 Å². The number of hydroxylamine groups is 2. The lowest BCUT2D eigenvalue weighted by Crippen LogP contribution is -2.34. The van der Waals surface area contributed by atoms with E-state index in [2.05, 4.69) is 4.98 Å². The summed E-state index contributed by atoms with van der Waals surface area (Å²) in [5, 5.41) is 0.744. The minimum absolute atomic E-state index is 0.0000719. The zero-order valence-electron chi connectivity index (χ0n) is 13.6. The number of imide groups is 1. The maximum absolute atomic E-state index is 12.2. The number of ether oxygens (including phenoxy) is 1. The Morgan fingerprint density at radius 2 is 1.73 bits per heavy atom. The second kappa shape index (κ2) is 6.36. The van der Waals surface area contributed by atoms with E-state index in [-0.39, 0.29) is 12.7 Å². The van der Waals surface area contributed by atoms with E-state index < -0.39 is 29.3 Å². The van der Waals surface area contributed by atoms with Crippen LogP contribution in [-0.4, -0.2) is 39.1 Å². The van der Waals surface area contributed by atoms with Gasteiger partial charge in [-0.05, 0) is 25.0 Å². The van der Waals surface area contributed by atoms with E-state index in [1.54, 1.807) is 24.3 Å². The number of rotatable bonds is 4. The van der Waals surface area contributed by atoms with Crippen molar-refractivity contribution in [2.45, 2.75) is 25.2 Å². The third kappa shape index (κ3) is 2.76. The summed E-state index contributed by atoms with van der Waals surface area (Å²) < 4.78 is 7.04. The summed E-state index contributed by atoms with van der Waals surface area (Å²) in [4.78, 5) is 55.0. The van der Waals surface area contributed by atoms with Crippen LogP contribution in [0.25, 0.3) is 0 Å². The topological polar surface area (TPSA) is 111 Å². The average molecular weight is 357 g/mol. The Morgan fingerprint density at radius 1 is 1.04 bits per heavy atom. The van der Waals surface area contributed by atoms with Crippen LogP contribution in [0.4, 0.5) is 0 Å². The first-order chi connectivity index (χ1) is 12.5. The maximum atomic E-state index is 12.2. The number of nitrogens with one attached hydrogen (secondary N) is 1. The van der Waals surface area contributed by atoms with Crippen LogP contribution >= 0.6 is 0 Å². The lowest BCUT2D eigenvalue weighted by atomic mass is 10.1. The van der Waals surface area contributed by atoms with E-state index in [0.717, 1.165) is 5.06 Å². The second-order valence-electron chi connectivity index (χ2n) is 6.05. The zero-order chi connectivity index (χ0) is 18.3. The molecule has 9 heteroatoms. The molecular weight excluding hydrogens is 342 g/mol. The number of hydrogen-bond acceptors (Lipinski definition) is 6. The summed E-state index contributed by atoms with van der Waals surface area (Å²) in [5.41, 5.74) is -0.413. The first kappa shape index (κ1) is 16.4.